The predicted octanol–water partition coefficient (Wildman–Crippen LogP) is 4.22. The Hall–Kier alpha value is -2.25. The maximum atomic E-state index is 11.7. The quantitative estimate of drug-likeness (QED) is 0.788. The Balaban J connectivity index is 1.86. The molecule has 1 N–H and O–H groups in total. The first-order chi connectivity index (χ1) is 13.9. The molecule has 1 aliphatic heterocycles. The summed E-state index contributed by atoms with van der Waals surface area (Å²) < 4.78 is 44.0. The van der Waals surface area contributed by atoms with Gasteiger partial charge in [0.2, 0.25) is 10.0 Å². The van der Waals surface area contributed by atoms with Gasteiger partial charge >= 0.3 is 0 Å². The lowest BCUT2D eigenvalue weighted by molar-refractivity contribution is -0.0406. The van der Waals surface area contributed by atoms with E-state index in [1.807, 2.05) is 30.3 Å². The van der Waals surface area contributed by atoms with Gasteiger partial charge in [-0.1, -0.05) is 25.0 Å². The van der Waals surface area contributed by atoms with Crippen molar-refractivity contribution in [2.24, 2.45) is 0 Å². The van der Waals surface area contributed by atoms with E-state index in [1.54, 1.807) is 20.3 Å². The highest BCUT2D eigenvalue weighted by atomic mass is 32.2. The first kappa shape index (κ1) is 20.0. The standard InChI is InChI=1S/C22H27NO5S/c1-26-18-11-12-19(27-2)21-20(18)16-9-4-5-10-17(16)28-22(21)14-7-6-8-15(13-14)23-29(3,24)25/h6-8,11-13,16-17,22-23H,4-5,9-10H2,1-3H3/t16-,17+,22+/m1/s1. The first-order valence-electron chi connectivity index (χ1n) is 9.89. The fourth-order valence-electron chi connectivity index (χ4n) is 4.66. The predicted molar refractivity (Wildman–Crippen MR) is 112 cm³/mol. The van der Waals surface area contributed by atoms with Gasteiger partial charge in [0, 0.05) is 22.7 Å². The molecular weight excluding hydrogens is 390 g/mol. The van der Waals surface area contributed by atoms with Crippen LogP contribution in [0.4, 0.5) is 5.69 Å². The maximum absolute atomic E-state index is 11.7. The number of fused-ring (bicyclic) bond motifs is 3. The fraction of sp³-hybridized carbons (Fsp3) is 0.455. The Morgan fingerprint density at radius 3 is 2.38 bits per heavy atom. The molecule has 7 heteroatoms. The van der Waals surface area contributed by atoms with Crippen LogP contribution in [0.1, 0.15) is 54.4 Å². The highest BCUT2D eigenvalue weighted by Crippen LogP contribution is 2.52. The zero-order valence-corrected chi connectivity index (χ0v) is 17.8. The van der Waals surface area contributed by atoms with E-state index in [4.69, 9.17) is 14.2 Å². The Bertz CT molecular complexity index is 1000. The van der Waals surface area contributed by atoms with Crippen LogP contribution in [0.15, 0.2) is 36.4 Å². The Labute approximate surface area is 172 Å². The van der Waals surface area contributed by atoms with Gasteiger partial charge in [0.15, 0.2) is 0 Å². The number of hydrogen-bond acceptors (Lipinski definition) is 5. The molecule has 1 fully saturated rings. The number of nitrogens with one attached hydrogen (secondary N) is 1. The highest BCUT2D eigenvalue weighted by Gasteiger charge is 2.41. The molecule has 4 rings (SSSR count). The van der Waals surface area contributed by atoms with Crippen LogP contribution in [-0.2, 0) is 14.8 Å². The molecule has 0 amide bonds. The molecule has 0 spiro atoms. The van der Waals surface area contributed by atoms with Crippen molar-refractivity contribution in [3.63, 3.8) is 0 Å². The number of sulfonamides is 1. The summed E-state index contributed by atoms with van der Waals surface area (Å²) in [7, 11) is -0.00727. The van der Waals surface area contributed by atoms with Crippen molar-refractivity contribution in [2.75, 3.05) is 25.2 Å². The largest absolute Gasteiger partial charge is 0.496 e. The molecule has 2 aromatic rings. The molecule has 1 aliphatic carbocycles. The monoisotopic (exact) mass is 417 g/mol. The second-order valence-corrected chi connectivity index (χ2v) is 9.49. The summed E-state index contributed by atoms with van der Waals surface area (Å²) in [4.78, 5) is 0. The van der Waals surface area contributed by atoms with Crippen LogP contribution in [0.3, 0.4) is 0 Å². The summed E-state index contributed by atoms with van der Waals surface area (Å²) in [6.07, 6.45) is 5.27. The normalized spacial score (nSPS) is 23.6. The van der Waals surface area contributed by atoms with Crippen LogP contribution in [0.5, 0.6) is 11.5 Å². The van der Waals surface area contributed by atoms with Gasteiger partial charge in [0.05, 0.1) is 26.6 Å². The van der Waals surface area contributed by atoms with Gasteiger partial charge in [-0.3, -0.25) is 4.72 Å². The smallest absolute Gasteiger partial charge is 0.229 e. The van der Waals surface area contributed by atoms with Crippen LogP contribution in [0, 0.1) is 0 Å². The van der Waals surface area contributed by atoms with Gasteiger partial charge in [0.1, 0.15) is 17.6 Å². The summed E-state index contributed by atoms with van der Waals surface area (Å²) in [5, 5.41) is 0. The van der Waals surface area contributed by atoms with E-state index in [0.717, 1.165) is 53.7 Å². The lowest BCUT2D eigenvalue weighted by Crippen LogP contribution is -2.34. The van der Waals surface area contributed by atoms with E-state index < -0.39 is 10.0 Å². The lowest BCUT2D eigenvalue weighted by atomic mass is 9.75. The molecule has 0 aromatic heterocycles. The molecule has 6 nitrogen and oxygen atoms in total. The lowest BCUT2D eigenvalue weighted by Gasteiger charge is -2.42. The number of rotatable bonds is 5. The molecule has 0 bridgehead atoms. The van der Waals surface area contributed by atoms with Crippen molar-refractivity contribution in [3.05, 3.63) is 53.1 Å². The Kier molecular flexibility index (Phi) is 5.44. The first-order valence-corrected chi connectivity index (χ1v) is 11.8. The second-order valence-electron chi connectivity index (χ2n) is 7.74. The molecule has 0 unspecified atom stereocenters. The zero-order valence-electron chi connectivity index (χ0n) is 17.0. The molecular formula is C22H27NO5S. The number of ether oxygens (including phenoxy) is 3. The van der Waals surface area contributed by atoms with Crippen LogP contribution in [0.2, 0.25) is 0 Å². The van der Waals surface area contributed by atoms with Gasteiger partial charge in [-0.25, -0.2) is 8.42 Å². The minimum Gasteiger partial charge on any atom is -0.496 e. The number of hydrogen-bond donors (Lipinski definition) is 1. The number of anilines is 1. The fourth-order valence-corrected chi connectivity index (χ4v) is 5.22. The van der Waals surface area contributed by atoms with Crippen LogP contribution >= 0.6 is 0 Å². The summed E-state index contributed by atoms with van der Waals surface area (Å²) in [5.41, 5.74) is 3.54. The summed E-state index contributed by atoms with van der Waals surface area (Å²) in [6, 6.07) is 11.2. The summed E-state index contributed by atoms with van der Waals surface area (Å²) in [6.45, 7) is 0. The van der Waals surface area contributed by atoms with E-state index in [9.17, 15) is 8.42 Å². The molecule has 1 saturated carbocycles. The summed E-state index contributed by atoms with van der Waals surface area (Å²) >= 11 is 0. The average Bonchev–Trinajstić information content (AvgIpc) is 2.71. The van der Waals surface area contributed by atoms with Crippen LogP contribution in [0.25, 0.3) is 0 Å². The van der Waals surface area contributed by atoms with E-state index >= 15 is 0 Å². The minimum absolute atomic E-state index is 0.105. The van der Waals surface area contributed by atoms with Gasteiger partial charge in [-0.2, -0.15) is 0 Å². The Morgan fingerprint density at radius 2 is 1.69 bits per heavy atom. The van der Waals surface area contributed by atoms with Gasteiger partial charge in [-0.05, 0) is 42.7 Å². The highest BCUT2D eigenvalue weighted by molar-refractivity contribution is 7.92. The second kappa shape index (κ2) is 7.88. The molecule has 0 saturated heterocycles. The molecule has 3 atom stereocenters. The van der Waals surface area contributed by atoms with Gasteiger partial charge in [0.25, 0.3) is 0 Å². The van der Waals surface area contributed by atoms with Crippen molar-refractivity contribution >= 4 is 15.7 Å². The minimum atomic E-state index is -3.36. The van der Waals surface area contributed by atoms with Crippen LogP contribution in [-0.4, -0.2) is 35.0 Å². The summed E-state index contributed by atoms with van der Waals surface area (Å²) in [5.74, 6) is 1.89. The average molecular weight is 418 g/mol. The van der Waals surface area contributed by atoms with Crippen molar-refractivity contribution in [1.82, 2.24) is 0 Å². The third kappa shape index (κ3) is 3.94. The molecule has 2 aliphatic rings. The molecule has 2 aromatic carbocycles. The van der Waals surface area contributed by atoms with Crippen molar-refractivity contribution in [3.8, 4) is 11.5 Å². The van der Waals surface area contributed by atoms with E-state index in [1.165, 1.54) is 6.42 Å². The van der Waals surface area contributed by atoms with E-state index in [2.05, 4.69) is 4.72 Å². The SMILES string of the molecule is COc1ccc(OC)c2c1[C@H](c1cccc(NS(C)(=O)=O)c1)O[C@H]1CCCC[C@@H]21. The van der Waals surface area contributed by atoms with Crippen molar-refractivity contribution in [2.45, 2.75) is 43.8 Å². The number of methoxy groups -OCH3 is 2. The Morgan fingerprint density at radius 1 is 1.00 bits per heavy atom. The molecule has 1 heterocycles. The van der Waals surface area contributed by atoms with Crippen LogP contribution < -0.4 is 14.2 Å². The third-order valence-electron chi connectivity index (χ3n) is 5.79. The van der Waals surface area contributed by atoms with Gasteiger partial charge in [-0.15, -0.1) is 0 Å². The molecule has 156 valence electrons. The third-order valence-corrected chi connectivity index (χ3v) is 6.39. The van der Waals surface area contributed by atoms with Crippen molar-refractivity contribution < 1.29 is 22.6 Å². The zero-order chi connectivity index (χ0) is 20.6. The van der Waals surface area contributed by atoms with E-state index in [0.29, 0.717) is 5.69 Å². The van der Waals surface area contributed by atoms with E-state index in [-0.39, 0.29) is 18.1 Å². The maximum Gasteiger partial charge on any atom is 0.229 e. The van der Waals surface area contributed by atoms with Gasteiger partial charge < -0.3 is 14.2 Å². The molecule has 29 heavy (non-hydrogen) atoms. The molecule has 0 radical (unpaired) electrons. The van der Waals surface area contributed by atoms with Crippen molar-refractivity contribution in [1.29, 1.82) is 0 Å². The topological polar surface area (TPSA) is 73.9 Å². The number of benzene rings is 2.